The first-order chi connectivity index (χ1) is 11.2. The largest absolute Gasteiger partial charge is 0.507 e. The fraction of sp³-hybridized carbons (Fsp3) is 0. The molecular formula is C14H10N2O7S. The molecule has 0 spiro atoms. The van der Waals surface area contributed by atoms with Gasteiger partial charge >= 0.3 is 5.97 Å². The molecule has 0 aliphatic heterocycles. The molecule has 10 heteroatoms. The van der Waals surface area contributed by atoms with Crippen LogP contribution in [0.15, 0.2) is 46.1 Å². The fourth-order valence-electron chi connectivity index (χ4n) is 2.29. The average Bonchev–Trinajstić information content (AvgIpc) is 2.88. The van der Waals surface area contributed by atoms with Crippen LogP contribution in [0.5, 0.6) is 5.75 Å². The molecule has 1 heterocycles. The van der Waals surface area contributed by atoms with Crippen molar-refractivity contribution in [3.05, 3.63) is 52.4 Å². The second-order valence-corrected chi connectivity index (χ2v) is 6.39. The average molecular weight is 350 g/mol. The first kappa shape index (κ1) is 15.8. The summed E-state index contributed by atoms with van der Waals surface area (Å²) in [6.07, 6.45) is 0. The lowest BCUT2D eigenvalue weighted by atomic mass is 10.1. The molecule has 9 nitrogen and oxygen atoms in total. The Morgan fingerprint density at radius 2 is 1.83 bits per heavy atom. The minimum Gasteiger partial charge on any atom is -0.507 e. The van der Waals surface area contributed by atoms with Crippen molar-refractivity contribution in [1.29, 1.82) is 0 Å². The van der Waals surface area contributed by atoms with Crippen LogP contribution in [-0.2, 0) is 10.1 Å². The van der Waals surface area contributed by atoms with E-state index >= 15 is 0 Å². The molecule has 0 fully saturated rings. The van der Waals surface area contributed by atoms with Crippen LogP contribution in [0.3, 0.4) is 0 Å². The number of nitrogens with one attached hydrogen (secondary N) is 1. The standard InChI is InChI=1S/C14H10N2O7S/c17-12-4-8(16-13(18)6-11(15-16)14(19)20)3-7-1-2-9(5-10(7)12)24(21,22)23/h1-6,15,17H,(H,19,20)(H,21,22,23). The number of phenols is 1. The van der Waals surface area contributed by atoms with Crippen molar-refractivity contribution in [2.75, 3.05) is 0 Å². The van der Waals surface area contributed by atoms with Gasteiger partial charge in [-0.15, -0.1) is 0 Å². The van der Waals surface area contributed by atoms with E-state index in [4.69, 9.17) is 9.66 Å². The van der Waals surface area contributed by atoms with E-state index in [9.17, 15) is 23.1 Å². The molecule has 1 aromatic heterocycles. The topological polar surface area (TPSA) is 150 Å². The second-order valence-electron chi connectivity index (χ2n) is 4.97. The number of phenolic OH excluding ortho intramolecular Hbond substituents is 1. The molecule has 0 aliphatic rings. The van der Waals surface area contributed by atoms with Crippen LogP contribution in [0.2, 0.25) is 0 Å². The van der Waals surface area contributed by atoms with Gasteiger partial charge in [0.2, 0.25) is 0 Å². The first-order valence-electron chi connectivity index (χ1n) is 6.47. The Kier molecular flexibility index (Phi) is 3.43. The molecule has 2 aromatic carbocycles. The van der Waals surface area contributed by atoms with Gasteiger partial charge in [0.05, 0.1) is 10.6 Å². The van der Waals surface area contributed by atoms with E-state index in [0.717, 1.165) is 22.9 Å². The number of hydrogen-bond acceptors (Lipinski definition) is 5. The predicted octanol–water partition coefficient (Wildman–Crippen LogP) is 0.969. The van der Waals surface area contributed by atoms with Gasteiger partial charge in [-0.2, -0.15) is 8.42 Å². The van der Waals surface area contributed by atoms with E-state index in [0.29, 0.717) is 5.39 Å². The van der Waals surface area contributed by atoms with Crippen LogP contribution in [0.1, 0.15) is 10.5 Å². The van der Waals surface area contributed by atoms with E-state index in [1.807, 2.05) is 0 Å². The molecule has 0 saturated heterocycles. The Bertz CT molecular complexity index is 1140. The summed E-state index contributed by atoms with van der Waals surface area (Å²) in [5.74, 6) is -1.65. The quantitative estimate of drug-likeness (QED) is 0.514. The molecule has 24 heavy (non-hydrogen) atoms. The summed E-state index contributed by atoms with van der Waals surface area (Å²) in [4.78, 5) is 22.4. The third kappa shape index (κ3) is 2.64. The van der Waals surface area contributed by atoms with Crippen LogP contribution >= 0.6 is 0 Å². The van der Waals surface area contributed by atoms with Crippen molar-refractivity contribution in [3.8, 4) is 11.4 Å². The Hall–Kier alpha value is -3.11. The number of nitrogens with zero attached hydrogens (tertiary/aromatic N) is 1. The lowest BCUT2D eigenvalue weighted by molar-refractivity contribution is 0.0690. The Morgan fingerprint density at radius 3 is 2.42 bits per heavy atom. The van der Waals surface area contributed by atoms with E-state index in [1.165, 1.54) is 18.2 Å². The van der Waals surface area contributed by atoms with E-state index in [-0.39, 0.29) is 27.4 Å². The van der Waals surface area contributed by atoms with Crippen LogP contribution < -0.4 is 5.56 Å². The summed E-state index contributed by atoms with van der Waals surface area (Å²) in [5, 5.41) is 21.9. The van der Waals surface area contributed by atoms with Gasteiger partial charge in [0, 0.05) is 17.5 Å². The van der Waals surface area contributed by atoms with Gasteiger partial charge in [-0.05, 0) is 23.6 Å². The zero-order valence-electron chi connectivity index (χ0n) is 11.8. The molecule has 0 unspecified atom stereocenters. The summed E-state index contributed by atoms with van der Waals surface area (Å²) in [5.41, 5.74) is -0.792. The number of carboxylic acids is 1. The van der Waals surface area contributed by atoms with E-state index in [2.05, 4.69) is 5.10 Å². The van der Waals surface area contributed by atoms with Crippen LogP contribution in [0, 0.1) is 0 Å². The summed E-state index contributed by atoms with van der Waals surface area (Å²) in [7, 11) is -4.42. The molecule has 0 amide bonds. The SMILES string of the molecule is O=C(O)c1cc(=O)n(-c2cc(O)c3cc(S(=O)(=O)O)ccc3c2)[nH]1. The monoisotopic (exact) mass is 350 g/mol. The maximum absolute atomic E-state index is 11.9. The summed E-state index contributed by atoms with van der Waals surface area (Å²) < 4.78 is 32.3. The Balaban J connectivity index is 2.22. The lowest BCUT2D eigenvalue weighted by Gasteiger charge is -2.08. The molecule has 0 radical (unpaired) electrons. The minimum atomic E-state index is -4.42. The van der Waals surface area contributed by atoms with Gasteiger partial charge < -0.3 is 10.2 Å². The number of fused-ring (bicyclic) bond motifs is 1. The summed E-state index contributed by atoms with van der Waals surface area (Å²) in [6.45, 7) is 0. The van der Waals surface area contributed by atoms with E-state index < -0.39 is 21.6 Å². The molecule has 3 rings (SSSR count). The van der Waals surface area contributed by atoms with Crippen molar-refractivity contribution in [1.82, 2.24) is 9.78 Å². The number of carboxylic acid groups (broad SMARTS) is 1. The Labute approximate surface area is 134 Å². The molecular weight excluding hydrogens is 340 g/mol. The number of rotatable bonds is 3. The molecule has 0 aliphatic carbocycles. The molecule has 0 atom stereocenters. The molecule has 0 saturated carbocycles. The first-order valence-corrected chi connectivity index (χ1v) is 7.91. The van der Waals surface area contributed by atoms with Crippen molar-refractivity contribution in [2.24, 2.45) is 0 Å². The van der Waals surface area contributed by atoms with Gasteiger partial charge in [0.25, 0.3) is 15.7 Å². The molecule has 4 N–H and O–H groups in total. The highest BCUT2D eigenvalue weighted by Crippen LogP contribution is 2.29. The molecule has 124 valence electrons. The number of aromatic hydroxyl groups is 1. The van der Waals surface area contributed by atoms with Crippen molar-refractivity contribution >= 4 is 26.9 Å². The van der Waals surface area contributed by atoms with Crippen LogP contribution in [0.4, 0.5) is 0 Å². The number of H-pyrrole nitrogens is 1. The zero-order chi connectivity index (χ0) is 17.6. The molecule has 0 bridgehead atoms. The van der Waals surface area contributed by atoms with Crippen molar-refractivity contribution in [3.63, 3.8) is 0 Å². The van der Waals surface area contributed by atoms with Gasteiger partial charge in [-0.1, -0.05) is 6.07 Å². The van der Waals surface area contributed by atoms with Gasteiger partial charge in [-0.25, -0.2) is 9.48 Å². The third-order valence-corrected chi connectivity index (χ3v) is 4.25. The zero-order valence-corrected chi connectivity index (χ0v) is 12.6. The van der Waals surface area contributed by atoms with Crippen LogP contribution in [-0.4, -0.2) is 38.9 Å². The van der Waals surface area contributed by atoms with E-state index in [1.54, 1.807) is 0 Å². The summed E-state index contributed by atoms with van der Waals surface area (Å²) >= 11 is 0. The number of carbonyl (C=O) groups is 1. The summed E-state index contributed by atoms with van der Waals surface area (Å²) in [6, 6.07) is 7.08. The van der Waals surface area contributed by atoms with Gasteiger partial charge in [0.1, 0.15) is 11.4 Å². The van der Waals surface area contributed by atoms with Crippen molar-refractivity contribution < 1.29 is 28.0 Å². The number of aromatic nitrogens is 2. The van der Waals surface area contributed by atoms with Crippen molar-refractivity contribution in [2.45, 2.75) is 4.90 Å². The highest BCUT2D eigenvalue weighted by Gasteiger charge is 2.15. The highest BCUT2D eigenvalue weighted by molar-refractivity contribution is 7.85. The highest BCUT2D eigenvalue weighted by atomic mass is 32.2. The fourth-order valence-corrected chi connectivity index (χ4v) is 2.80. The molecule has 3 aromatic rings. The number of benzene rings is 2. The maximum atomic E-state index is 11.9. The number of hydrogen-bond donors (Lipinski definition) is 4. The maximum Gasteiger partial charge on any atom is 0.353 e. The predicted molar refractivity (Wildman–Crippen MR) is 82.3 cm³/mol. The van der Waals surface area contributed by atoms with Gasteiger partial charge in [0.15, 0.2) is 0 Å². The Morgan fingerprint density at radius 1 is 1.12 bits per heavy atom. The number of aromatic amines is 1. The normalized spacial score (nSPS) is 11.7. The van der Waals surface area contributed by atoms with Crippen LogP contribution in [0.25, 0.3) is 16.5 Å². The lowest BCUT2D eigenvalue weighted by Crippen LogP contribution is -2.13. The number of aromatic carboxylic acids is 1. The van der Waals surface area contributed by atoms with Gasteiger partial charge in [-0.3, -0.25) is 14.4 Å². The second kappa shape index (κ2) is 5.22. The minimum absolute atomic E-state index is 0.145. The third-order valence-electron chi connectivity index (χ3n) is 3.40. The smallest absolute Gasteiger partial charge is 0.353 e.